The van der Waals surface area contributed by atoms with Gasteiger partial charge in [0.25, 0.3) is 10.0 Å². The minimum absolute atomic E-state index is 0.119. The summed E-state index contributed by atoms with van der Waals surface area (Å²) in [6, 6.07) is 1.83. The van der Waals surface area contributed by atoms with Crippen molar-refractivity contribution >= 4 is 37.3 Å². The monoisotopic (exact) mass is 396 g/mol. The van der Waals surface area contributed by atoms with Gasteiger partial charge in [0, 0.05) is 28.4 Å². The molecule has 1 aromatic rings. The van der Waals surface area contributed by atoms with Gasteiger partial charge in [0.2, 0.25) is 0 Å². The average Bonchev–Trinajstić information content (AvgIpc) is 2.78. The van der Waals surface area contributed by atoms with Crippen molar-refractivity contribution in [1.82, 2.24) is 10.0 Å². The smallest absolute Gasteiger partial charge is 0.251 e. The molecule has 1 fully saturated rings. The van der Waals surface area contributed by atoms with Crippen LogP contribution in [0.4, 0.5) is 0 Å². The molecule has 0 radical (unpaired) electrons. The van der Waals surface area contributed by atoms with Crippen molar-refractivity contribution in [1.29, 1.82) is 0 Å². The Balaban J connectivity index is 2.11. The van der Waals surface area contributed by atoms with Crippen molar-refractivity contribution in [3.8, 4) is 0 Å². The zero-order valence-electron chi connectivity index (χ0n) is 12.2. The van der Waals surface area contributed by atoms with Crippen LogP contribution in [0.3, 0.4) is 0 Å². The number of methoxy groups -OCH3 is 1. The number of halogens is 1. The molecule has 1 aliphatic rings. The minimum atomic E-state index is -3.48. The lowest BCUT2D eigenvalue weighted by atomic mass is 9.80. The van der Waals surface area contributed by atoms with E-state index < -0.39 is 10.0 Å². The molecule has 2 rings (SSSR count). The van der Waals surface area contributed by atoms with Crippen molar-refractivity contribution in [2.24, 2.45) is 5.41 Å². The highest BCUT2D eigenvalue weighted by Crippen LogP contribution is 2.33. The summed E-state index contributed by atoms with van der Waals surface area (Å²) in [5.41, 5.74) is -0.119. The molecule has 21 heavy (non-hydrogen) atoms. The van der Waals surface area contributed by atoms with Gasteiger partial charge in [-0.1, -0.05) is 0 Å². The number of hydrogen-bond donors (Lipinski definition) is 2. The normalized spacial score (nSPS) is 18.8. The van der Waals surface area contributed by atoms with Gasteiger partial charge in [-0.3, -0.25) is 0 Å². The molecule has 2 N–H and O–H groups in total. The summed E-state index contributed by atoms with van der Waals surface area (Å²) < 4.78 is 34.0. The molecule has 0 amide bonds. The maximum Gasteiger partial charge on any atom is 0.251 e. The van der Waals surface area contributed by atoms with Gasteiger partial charge in [-0.05, 0) is 54.9 Å². The standard InChI is InChI=1S/C13H21BrN2O3S2/c1-10-7-11(14)12(20-10)21(17,18)16-8-13(9-19-2)3-5-15-6-4-13/h7,15-16H,3-6,8-9H2,1-2H3. The lowest BCUT2D eigenvalue weighted by Gasteiger charge is -2.37. The third kappa shape index (κ3) is 4.27. The van der Waals surface area contributed by atoms with Crippen LogP contribution in [0.2, 0.25) is 0 Å². The van der Waals surface area contributed by atoms with Gasteiger partial charge in [-0.25, -0.2) is 13.1 Å². The first kappa shape index (κ1) is 17.4. The molecule has 0 bridgehead atoms. The van der Waals surface area contributed by atoms with Crippen LogP contribution in [0.1, 0.15) is 17.7 Å². The Bertz CT molecular complexity index is 575. The third-order valence-corrected chi connectivity index (χ3v) is 7.91. The molecular weight excluding hydrogens is 376 g/mol. The summed E-state index contributed by atoms with van der Waals surface area (Å²) in [5.74, 6) is 0. The molecule has 0 aromatic carbocycles. The molecule has 0 unspecified atom stereocenters. The molecule has 0 spiro atoms. The second kappa shape index (κ2) is 7.06. The van der Waals surface area contributed by atoms with E-state index in [1.807, 2.05) is 13.0 Å². The Morgan fingerprint density at radius 3 is 2.67 bits per heavy atom. The zero-order valence-corrected chi connectivity index (χ0v) is 15.5. The highest BCUT2D eigenvalue weighted by atomic mass is 79.9. The van der Waals surface area contributed by atoms with E-state index in [1.54, 1.807) is 7.11 Å². The number of ether oxygens (including phenoxy) is 1. The fraction of sp³-hybridized carbons (Fsp3) is 0.692. The van der Waals surface area contributed by atoms with Crippen molar-refractivity contribution in [2.75, 3.05) is 33.4 Å². The predicted molar refractivity (Wildman–Crippen MR) is 88.4 cm³/mol. The summed E-state index contributed by atoms with van der Waals surface area (Å²) in [5, 5.41) is 3.30. The highest BCUT2D eigenvalue weighted by Gasteiger charge is 2.34. The maximum absolute atomic E-state index is 12.5. The van der Waals surface area contributed by atoms with Crippen LogP contribution < -0.4 is 10.0 Å². The Hall–Kier alpha value is 0.01000. The number of piperidine rings is 1. The van der Waals surface area contributed by atoms with Gasteiger partial charge < -0.3 is 10.1 Å². The summed E-state index contributed by atoms with van der Waals surface area (Å²) >= 11 is 4.60. The first-order valence-electron chi connectivity index (χ1n) is 6.84. The van der Waals surface area contributed by atoms with E-state index in [2.05, 4.69) is 26.0 Å². The van der Waals surface area contributed by atoms with Gasteiger partial charge in [0.15, 0.2) is 0 Å². The topological polar surface area (TPSA) is 67.4 Å². The van der Waals surface area contributed by atoms with Crippen LogP contribution in [0.5, 0.6) is 0 Å². The molecule has 2 heterocycles. The lowest BCUT2D eigenvalue weighted by Crippen LogP contribution is -2.47. The van der Waals surface area contributed by atoms with E-state index in [9.17, 15) is 8.42 Å². The highest BCUT2D eigenvalue weighted by molar-refractivity contribution is 9.10. The number of hydrogen-bond acceptors (Lipinski definition) is 5. The fourth-order valence-electron chi connectivity index (χ4n) is 2.59. The van der Waals surface area contributed by atoms with Crippen LogP contribution >= 0.6 is 27.3 Å². The number of nitrogens with one attached hydrogen (secondary N) is 2. The average molecular weight is 397 g/mol. The lowest BCUT2D eigenvalue weighted by molar-refractivity contribution is 0.0577. The molecule has 0 aliphatic carbocycles. The van der Waals surface area contributed by atoms with Gasteiger partial charge in [-0.2, -0.15) is 0 Å². The predicted octanol–water partition coefficient (Wildman–Crippen LogP) is 2.11. The van der Waals surface area contributed by atoms with E-state index in [4.69, 9.17) is 4.74 Å². The first-order valence-corrected chi connectivity index (χ1v) is 9.93. The number of rotatable bonds is 6. The van der Waals surface area contributed by atoms with Gasteiger partial charge in [0.1, 0.15) is 4.21 Å². The summed E-state index contributed by atoms with van der Waals surface area (Å²) in [6.45, 7) is 4.67. The van der Waals surface area contributed by atoms with E-state index in [1.165, 1.54) is 11.3 Å². The summed E-state index contributed by atoms with van der Waals surface area (Å²) in [6.07, 6.45) is 1.82. The maximum atomic E-state index is 12.5. The Morgan fingerprint density at radius 1 is 1.48 bits per heavy atom. The molecule has 1 saturated heterocycles. The first-order chi connectivity index (χ1) is 9.88. The molecule has 5 nitrogen and oxygen atoms in total. The number of sulfonamides is 1. The van der Waals surface area contributed by atoms with Crippen LogP contribution in [-0.4, -0.2) is 41.8 Å². The molecule has 120 valence electrons. The van der Waals surface area contributed by atoms with Crippen molar-refractivity contribution in [3.05, 3.63) is 15.4 Å². The molecule has 8 heteroatoms. The van der Waals surface area contributed by atoms with Gasteiger partial charge in [-0.15, -0.1) is 11.3 Å². The van der Waals surface area contributed by atoms with Crippen LogP contribution in [0.25, 0.3) is 0 Å². The number of thiophene rings is 1. The van der Waals surface area contributed by atoms with Crippen molar-refractivity contribution in [2.45, 2.75) is 24.0 Å². The Labute approximate surface area is 138 Å². The van der Waals surface area contributed by atoms with E-state index >= 15 is 0 Å². The summed E-state index contributed by atoms with van der Waals surface area (Å²) in [4.78, 5) is 0.968. The fourth-order valence-corrected chi connectivity index (χ4v) is 6.55. The molecule has 0 atom stereocenters. The SMILES string of the molecule is COCC1(CNS(=O)(=O)c2sc(C)cc2Br)CCNCC1. The van der Waals surface area contributed by atoms with Crippen molar-refractivity contribution in [3.63, 3.8) is 0 Å². The number of aryl methyl sites for hydroxylation is 1. The summed E-state index contributed by atoms with van der Waals surface area (Å²) in [7, 11) is -1.82. The second-order valence-electron chi connectivity index (χ2n) is 5.50. The van der Waals surface area contributed by atoms with Crippen LogP contribution in [0.15, 0.2) is 14.7 Å². The Morgan fingerprint density at radius 2 is 2.14 bits per heavy atom. The van der Waals surface area contributed by atoms with Crippen LogP contribution in [0, 0.1) is 12.3 Å². The zero-order chi connectivity index (χ0) is 15.5. The molecule has 0 saturated carbocycles. The Kier molecular flexibility index (Phi) is 5.84. The molecule has 1 aliphatic heterocycles. The van der Waals surface area contributed by atoms with Gasteiger partial charge >= 0.3 is 0 Å². The molecular formula is C13H21BrN2O3S2. The quantitative estimate of drug-likeness (QED) is 0.772. The van der Waals surface area contributed by atoms with Crippen LogP contribution in [-0.2, 0) is 14.8 Å². The second-order valence-corrected chi connectivity index (χ2v) is 9.57. The van der Waals surface area contributed by atoms with Crippen molar-refractivity contribution < 1.29 is 13.2 Å². The van der Waals surface area contributed by atoms with E-state index in [-0.39, 0.29) is 5.41 Å². The largest absolute Gasteiger partial charge is 0.384 e. The van der Waals surface area contributed by atoms with E-state index in [0.29, 0.717) is 21.8 Å². The third-order valence-electron chi connectivity index (χ3n) is 3.77. The van der Waals surface area contributed by atoms with E-state index in [0.717, 1.165) is 30.8 Å². The molecule has 1 aromatic heterocycles. The minimum Gasteiger partial charge on any atom is -0.384 e. The van der Waals surface area contributed by atoms with Gasteiger partial charge in [0.05, 0.1) is 6.61 Å².